The number of esters is 1. The third-order valence-corrected chi connectivity index (χ3v) is 4.16. The summed E-state index contributed by atoms with van der Waals surface area (Å²) in [6.45, 7) is 2.08. The van der Waals surface area contributed by atoms with Crippen molar-refractivity contribution in [3.8, 4) is 0 Å². The van der Waals surface area contributed by atoms with Crippen molar-refractivity contribution in [2.45, 2.75) is 31.1 Å². The average molecular weight is 252 g/mol. The Hall–Kier alpha value is -1.16. The summed E-state index contributed by atoms with van der Waals surface area (Å²) < 4.78 is 16.7. The molecule has 1 aliphatic carbocycles. The Kier molecular flexibility index (Phi) is 3.94. The summed E-state index contributed by atoms with van der Waals surface area (Å²) in [6.07, 6.45) is 3.34. The minimum atomic E-state index is -1.28. The number of hydrogen-bond acceptors (Lipinski definition) is 3. The Morgan fingerprint density at radius 2 is 2.12 bits per heavy atom. The average Bonchev–Trinajstić information content (AvgIpc) is 2.75. The lowest BCUT2D eigenvalue weighted by atomic mass is 10.1. The van der Waals surface area contributed by atoms with Gasteiger partial charge in [0.2, 0.25) is 0 Å². The number of carbonyl (C=O) groups is 1. The number of rotatable bonds is 4. The standard InChI is InChI=1S/C13H16O3S/c1-2-16-13(14)9-17(15)12-7-6-10-4-3-5-11(10)8-12/h6-8H,2-5,9H2,1H3/t17-/m1/s1. The highest BCUT2D eigenvalue weighted by Crippen LogP contribution is 2.24. The van der Waals surface area contributed by atoms with Gasteiger partial charge in [-0.25, -0.2) is 0 Å². The Bertz CT molecular complexity index is 454. The first-order chi connectivity index (χ1) is 8.20. The molecule has 0 heterocycles. The molecule has 0 bridgehead atoms. The minimum absolute atomic E-state index is 0.0490. The van der Waals surface area contributed by atoms with Crippen molar-refractivity contribution in [1.82, 2.24) is 0 Å². The summed E-state index contributed by atoms with van der Waals surface area (Å²) in [5.41, 5.74) is 2.63. The van der Waals surface area contributed by atoms with Crippen LogP contribution < -0.4 is 0 Å². The predicted octanol–water partition coefficient (Wildman–Crippen LogP) is 1.85. The van der Waals surface area contributed by atoms with Crippen molar-refractivity contribution in [2.24, 2.45) is 0 Å². The van der Waals surface area contributed by atoms with E-state index in [-0.39, 0.29) is 5.75 Å². The highest BCUT2D eigenvalue weighted by Gasteiger charge is 2.15. The zero-order valence-electron chi connectivity index (χ0n) is 9.90. The van der Waals surface area contributed by atoms with Crippen LogP contribution >= 0.6 is 0 Å². The van der Waals surface area contributed by atoms with E-state index in [1.165, 1.54) is 17.5 Å². The van der Waals surface area contributed by atoms with E-state index < -0.39 is 16.8 Å². The maximum Gasteiger partial charge on any atom is 0.318 e. The van der Waals surface area contributed by atoms with Gasteiger partial charge in [0.25, 0.3) is 0 Å². The Labute approximate surface area is 104 Å². The van der Waals surface area contributed by atoms with Gasteiger partial charge in [0.05, 0.1) is 17.4 Å². The maximum atomic E-state index is 11.9. The summed E-state index contributed by atoms with van der Waals surface area (Å²) in [5.74, 6) is -0.446. The van der Waals surface area contributed by atoms with Gasteiger partial charge in [0.1, 0.15) is 5.75 Å². The minimum Gasteiger partial charge on any atom is -0.465 e. The van der Waals surface area contributed by atoms with E-state index in [4.69, 9.17) is 4.74 Å². The van der Waals surface area contributed by atoms with Crippen LogP contribution in [0.15, 0.2) is 23.1 Å². The van der Waals surface area contributed by atoms with Crippen LogP contribution in [-0.2, 0) is 33.2 Å². The topological polar surface area (TPSA) is 43.4 Å². The second kappa shape index (κ2) is 5.45. The molecular formula is C13H16O3S. The second-order valence-corrected chi connectivity index (χ2v) is 5.53. The number of fused-ring (bicyclic) bond motifs is 1. The van der Waals surface area contributed by atoms with Crippen molar-refractivity contribution >= 4 is 16.8 Å². The molecule has 3 nitrogen and oxygen atoms in total. The van der Waals surface area contributed by atoms with E-state index in [1.807, 2.05) is 18.2 Å². The van der Waals surface area contributed by atoms with Gasteiger partial charge in [-0.15, -0.1) is 0 Å². The normalized spacial score (nSPS) is 15.4. The summed E-state index contributed by atoms with van der Waals surface area (Å²) >= 11 is 0. The van der Waals surface area contributed by atoms with Gasteiger partial charge in [-0.1, -0.05) is 6.07 Å². The van der Waals surface area contributed by atoms with Gasteiger partial charge < -0.3 is 4.74 Å². The lowest BCUT2D eigenvalue weighted by Gasteiger charge is -2.05. The molecule has 0 radical (unpaired) electrons. The summed E-state index contributed by atoms with van der Waals surface area (Å²) in [4.78, 5) is 12.0. The van der Waals surface area contributed by atoms with Gasteiger partial charge in [-0.05, 0) is 49.4 Å². The molecule has 0 saturated heterocycles. The van der Waals surface area contributed by atoms with E-state index in [0.717, 1.165) is 17.7 Å². The smallest absolute Gasteiger partial charge is 0.318 e. The molecule has 2 rings (SSSR count). The number of carbonyl (C=O) groups excluding carboxylic acids is 1. The Morgan fingerprint density at radius 3 is 2.88 bits per heavy atom. The third kappa shape index (κ3) is 2.94. The first-order valence-electron chi connectivity index (χ1n) is 5.86. The molecule has 92 valence electrons. The molecule has 0 N–H and O–H groups in total. The van der Waals surface area contributed by atoms with Crippen molar-refractivity contribution in [2.75, 3.05) is 12.4 Å². The highest BCUT2D eigenvalue weighted by atomic mass is 32.2. The molecule has 17 heavy (non-hydrogen) atoms. The van der Waals surface area contributed by atoms with E-state index in [1.54, 1.807) is 6.92 Å². The van der Waals surface area contributed by atoms with Crippen LogP contribution in [0.2, 0.25) is 0 Å². The Morgan fingerprint density at radius 1 is 1.35 bits per heavy atom. The first-order valence-corrected chi connectivity index (χ1v) is 7.18. The SMILES string of the molecule is CCOC(=O)C[S@@](=O)c1ccc2c(c1)CCC2. The molecule has 1 atom stereocenters. The molecule has 0 aromatic heterocycles. The van der Waals surface area contributed by atoms with Crippen LogP contribution in [0.1, 0.15) is 24.5 Å². The summed E-state index contributed by atoms with van der Waals surface area (Å²) in [5, 5.41) is 0. The van der Waals surface area contributed by atoms with Crippen LogP contribution in [0.5, 0.6) is 0 Å². The van der Waals surface area contributed by atoms with Gasteiger partial charge in [0, 0.05) is 4.90 Å². The predicted molar refractivity (Wildman–Crippen MR) is 66.4 cm³/mol. The van der Waals surface area contributed by atoms with Crippen LogP contribution in [-0.4, -0.2) is 22.5 Å². The van der Waals surface area contributed by atoms with Crippen LogP contribution in [0.25, 0.3) is 0 Å². The fraction of sp³-hybridized carbons (Fsp3) is 0.462. The van der Waals surface area contributed by atoms with Crippen LogP contribution in [0.4, 0.5) is 0 Å². The van der Waals surface area contributed by atoms with Crippen molar-refractivity contribution < 1.29 is 13.7 Å². The largest absolute Gasteiger partial charge is 0.465 e. The Balaban J connectivity index is 2.07. The van der Waals surface area contributed by atoms with Crippen molar-refractivity contribution in [1.29, 1.82) is 0 Å². The first kappa shape index (κ1) is 12.3. The van der Waals surface area contributed by atoms with Crippen molar-refractivity contribution in [3.63, 3.8) is 0 Å². The lowest BCUT2D eigenvalue weighted by Crippen LogP contribution is -2.14. The number of hydrogen-bond donors (Lipinski definition) is 0. The lowest BCUT2D eigenvalue weighted by molar-refractivity contribution is -0.139. The summed E-state index contributed by atoms with van der Waals surface area (Å²) in [6, 6.07) is 5.86. The van der Waals surface area contributed by atoms with Gasteiger partial charge in [0.15, 0.2) is 0 Å². The molecule has 0 fully saturated rings. The molecule has 0 spiro atoms. The van der Waals surface area contributed by atoms with E-state index in [2.05, 4.69) is 0 Å². The number of benzene rings is 1. The van der Waals surface area contributed by atoms with Gasteiger partial charge in [-0.3, -0.25) is 9.00 Å². The fourth-order valence-electron chi connectivity index (χ4n) is 2.08. The maximum absolute atomic E-state index is 11.9. The number of ether oxygens (including phenoxy) is 1. The fourth-order valence-corrected chi connectivity index (χ4v) is 3.04. The number of aryl methyl sites for hydroxylation is 2. The zero-order chi connectivity index (χ0) is 12.3. The molecule has 0 saturated carbocycles. The molecule has 1 aromatic carbocycles. The molecular weight excluding hydrogens is 236 g/mol. The van der Waals surface area contributed by atoms with Gasteiger partial charge >= 0.3 is 5.97 Å². The summed E-state index contributed by atoms with van der Waals surface area (Å²) in [7, 11) is -1.28. The monoisotopic (exact) mass is 252 g/mol. The molecule has 1 aromatic rings. The zero-order valence-corrected chi connectivity index (χ0v) is 10.7. The van der Waals surface area contributed by atoms with E-state index in [9.17, 15) is 9.00 Å². The third-order valence-electron chi connectivity index (χ3n) is 2.89. The van der Waals surface area contributed by atoms with Crippen LogP contribution in [0.3, 0.4) is 0 Å². The quantitative estimate of drug-likeness (QED) is 0.768. The van der Waals surface area contributed by atoms with E-state index in [0.29, 0.717) is 6.61 Å². The van der Waals surface area contributed by atoms with Crippen molar-refractivity contribution in [3.05, 3.63) is 29.3 Å². The molecule has 0 amide bonds. The molecule has 4 heteroatoms. The molecule has 0 unspecified atom stereocenters. The highest BCUT2D eigenvalue weighted by molar-refractivity contribution is 7.85. The second-order valence-electron chi connectivity index (χ2n) is 4.08. The van der Waals surface area contributed by atoms with Gasteiger partial charge in [-0.2, -0.15) is 0 Å². The molecule has 1 aliphatic rings. The van der Waals surface area contributed by atoms with Crippen LogP contribution in [0, 0.1) is 0 Å². The van der Waals surface area contributed by atoms with E-state index >= 15 is 0 Å². The molecule has 0 aliphatic heterocycles.